The lowest BCUT2D eigenvalue weighted by Crippen LogP contribution is -2.52. The van der Waals surface area contributed by atoms with E-state index >= 15 is 0 Å². The summed E-state index contributed by atoms with van der Waals surface area (Å²) in [6, 6.07) is -0.998. The predicted molar refractivity (Wildman–Crippen MR) is 133 cm³/mol. The first-order valence-corrected chi connectivity index (χ1v) is 11.9. The van der Waals surface area contributed by atoms with E-state index in [0.717, 1.165) is 18.9 Å². The van der Waals surface area contributed by atoms with Gasteiger partial charge in [-0.1, -0.05) is 49.6 Å². The Morgan fingerprint density at radius 2 is 1.94 bits per heavy atom. The smallest absolute Gasteiger partial charge is 0.320 e. The standard InChI is InChI=1S/C26H33ClN2O6/c1-6-15(2)12-16(3)9-10-18-13-19-20(14-29(18)11-7-8-21(28)25(33)34)23(31)26(5,35-17(4)30)24(32)22(19)27/h9-10,12-15,21H,6-8,11,28H2,1-5H3,(H,33,34)/b10-9+,16-12+/t15-,21-,26+/m0/s1. The van der Waals surface area contributed by atoms with Crippen molar-refractivity contribution in [1.29, 1.82) is 0 Å². The highest BCUT2D eigenvalue weighted by Crippen LogP contribution is 2.39. The molecule has 8 nitrogen and oxygen atoms in total. The maximum atomic E-state index is 13.3. The van der Waals surface area contributed by atoms with E-state index in [9.17, 15) is 19.2 Å². The maximum absolute atomic E-state index is 13.3. The predicted octanol–water partition coefficient (Wildman–Crippen LogP) is 3.78. The van der Waals surface area contributed by atoms with E-state index in [4.69, 9.17) is 27.2 Å². The number of carboxylic acid groups (broad SMARTS) is 1. The molecule has 0 saturated heterocycles. The summed E-state index contributed by atoms with van der Waals surface area (Å²) in [4.78, 5) is 50.6. The van der Waals surface area contributed by atoms with Crippen molar-refractivity contribution < 1.29 is 29.0 Å². The van der Waals surface area contributed by atoms with Gasteiger partial charge in [0, 0.05) is 36.5 Å². The van der Waals surface area contributed by atoms with Gasteiger partial charge >= 0.3 is 11.9 Å². The highest BCUT2D eigenvalue weighted by atomic mass is 35.5. The van der Waals surface area contributed by atoms with Crippen LogP contribution >= 0.6 is 11.6 Å². The number of nitrogens with two attached hydrogens (primary N) is 1. The third kappa shape index (κ3) is 6.58. The van der Waals surface area contributed by atoms with Gasteiger partial charge in [0.05, 0.1) is 5.03 Å². The van der Waals surface area contributed by atoms with Crippen LogP contribution in [0.25, 0.3) is 0 Å². The van der Waals surface area contributed by atoms with Crippen molar-refractivity contribution in [1.82, 2.24) is 4.90 Å². The van der Waals surface area contributed by atoms with Gasteiger partial charge in [-0.2, -0.15) is 0 Å². The molecule has 0 amide bonds. The number of hydrogen-bond donors (Lipinski definition) is 2. The van der Waals surface area contributed by atoms with Crippen molar-refractivity contribution in [3.05, 3.63) is 58.0 Å². The van der Waals surface area contributed by atoms with Crippen LogP contribution in [0.2, 0.25) is 0 Å². The second-order valence-electron chi connectivity index (χ2n) is 9.03. The number of nitrogens with zero attached hydrogens (tertiary/aromatic N) is 1. The monoisotopic (exact) mass is 504 g/mol. The van der Waals surface area contributed by atoms with E-state index in [0.29, 0.717) is 24.6 Å². The van der Waals surface area contributed by atoms with Crippen LogP contribution in [0.15, 0.2) is 58.0 Å². The van der Waals surface area contributed by atoms with Crippen molar-refractivity contribution in [2.45, 2.75) is 65.5 Å². The van der Waals surface area contributed by atoms with Gasteiger partial charge in [-0.3, -0.25) is 19.2 Å². The molecule has 1 heterocycles. The van der Waals surface area contributed by atoms with Crippen molar-refractivity contribution in [3.63, 3.8) is 0 Å². The molecule has 0 fully saturated rings. The molecule has 0 radical (unpaired) electrons. The average molecular weight is 505 g/mol. The average Bonchev–Trinajstić information content (AvgIpc) is 2.79. The molecular formula is C26H33ClN2O6. The molecule has 1 aliphatic carbocycles. The number of ketones is 2. The first-order chi connectivity index (χ1) is 16.3. The molecule has 0 bridgehead atoms. The minimum atomic E-state index is -2.05. The Morgan fingerprint density at radius 1 is 1.29 bits per heavy atom. The minimum Gasteiger partial charge on any atom is -0.480 e. The molecule has 9 heteroatoms. The summed E-state index contributed by atoms with van der Waals surface area (Å²) in [5.74, 6) is -2.90. The van der Waals surface area contributed by atoms with Crippen LogP contribution in [-0.4, -0.2) is 51.7 Å². The fourth-order valence-corrected chi connectivity index (χ4v) is 4.16. The number of allylic oxidation sites excluding steroid dienone is 6. The molecule has 0 unspecified atom stereocenters. The van der Waals surface area contributed by atoms with E-state index in [1.807, 2.05) is 19.1 Å². The van der Waals surface area contributed by atoms with Crippen LogP contribution in [0.3, 0.4) is 0 Å². The summed E-state index contributed by atoms with van der Waals surface area (Å²) >= 11 is 6.38. The lowest BCUT2D eigenvalue weighted by atomic mass is 9.79. The van der Waals surface area contributed by atoms with Crippen molar-refractivity contribution >= 4 is 35.1 Å². The number of aliphatic carboxylic acids is 1. The number of carbonyl (C=O) groups is 4. The van der Waals surface area contributed by atoms with Crippen LogP contribution < -0.4 is 5.73 Å². The molecule has 0 aromatic heterocycles. The molecule has 190 valence electrons. The number of ether oxygens (including phenoxy) is 1. The van der Waals surface area contributed by atoms with Crippen molar-refractivity contribution in [2.75, 3.05) is 6.54 Å². The number of rotatable bonds is 10. The van der Waals surface area contributed by atoms with Gasteiger partial charge in [0.2, 0.25) is 17.2 Å². The maximum Gasteiger partial charge on any atom is 0.320 e. The highest BCUT2D eigenvalue weighted by molar-refractivity contribution is 6.49. The molecule has 0 spiro atoms. The number of hydrogen-bond acceptors (Lipinski definition) is 7. The molecule has 3 atom stereocenters. The Labute approximate surface area is 210 Å². The number of fused-ring (bicyclic) bond motifs is 1. The van der Waals surface area contributed by atoms with Gasteiger partial charge in [0.15, 0.2) is 0 Å². The van der Waals surface area contributed by atoms with Crippen LogP contribution in [0.1, 0.15) is 53.9 Å². The second-order valence-corrected chi connectivity index (χ2v) is 9.41. The Morgan fingerprint density at radius 3 is 2.51 bits per heavy atom. The van der Waals surface area contributed by atoms with E-state index in [-0.39, 0.29) is 22.6 Å². The first kappa shape index (κ1) is 28.3. The third-order valence-corrected chi connectivity index (χ3v) is 6.41. The molecule has 35 heavy (non-hydrogen) atoms. The van der Waals surface area contributed by atoms with Gasteiger partial charge in [0.1, 0.15) is 6.04 Å². The summed E-state index contributed by atoms with van der Waals surface area (Å²) in [7, 11) is 0. The fourth-order valence-electron chi connectivity index (χ4n) is 3.82. The summed E-state index contributed by atoms with van der Waals surface area (Å²) in [6.45, 7) is 8.92. The van der Waals surface area contributed by atoms with Gasteiger partial charge < -0.3 is 20.5 Å². The second kappa shape index (κ2) is 11.6. The topological polar surface area (TPSA) is 127 Å². The van der Waals surface area contributed by atoms with E-state index in [1.54, 1.807) is 17.2 Å². The molecule has 2 rings (SSSR count). The van der Waals surface area contributed by atoms with Crippen LogP contribution in [-0.2, 0) is 23.9 Å². The summed E-state index contributed by atoms with van der Waals surface area (Å²) < 4.78 is 5.11. The van der Waals surface area contributed by atoms with Crippen LogP contribution in [0, 0.1) is 5.92 Å². The Bertz CT molecular complexity index is 1070. The van der Waals surface area contributed by atoms with Gasteiger partial charge in [-0.25, -0.2) is 0 Å². The number of carbonyl (C=O) groups excluding carboxylic acids is 3. The zero-order valence-corrected chi connectivity index (χ0v) is 21.5. The molecule has 0 saturated carbocycles. The quantitative estimate of drug-likeness (QED) is 0.261. The highest BCUT2D eigenvalue weighted by Gasteiger charge is 2.52. The molecule has 0 aromatic carbocycles. The van der Waals surface area contributed by atoms with Crippen LogP contribution in [0.5, 0.6) is 0 Å². The van der Waals surface area contributed by atoms with Crippen LogP contribution in [0.4, 0.5) is 0 Å². The van der Waals surface area contributed by atoms with Gasteiger partial charge in [-0.15, -0.1) is 0 Å². The number of Topliss-reactive ketones (excluding diaryl/α,β-unsaturated/α-hetero) is 2. The Hall–Kier alpha value is -2.97. The number of carboxylic acids is 1. The van der Waals surface area contributed by atoms with E-state index in [2.05, 4.69) is 19.9 Å². The largest absolute Gasteiger partial charge is 0.480 e. The normalized spacial score (nSPS) is 22.6. The van der Waals surface area contributed by atoms with Gasteiger partial charge in [-0.05, 0) is 44.8 Å². The lowest BCUT2D eigenvalue weighted by molar-refractivity contribution is -0.167. The first-order valence-electron chi connectivity index (χ1n) is 11.6. The third-order valence-electron chi connectivity index (χ3n) is 6.03. The molecular weight excluding hydrogens is 472 g/mol. The van der Waals surface area contributed by atoms with Crippen molar-refractivity contribution in [3.8, 4) is 0 Å². The number of halogens is 1. The zero-order chi connectivity index (χ0) is 26.5. The summed E-state index contributed by atoms with van der Waals surface area (Å²) in [5.41, 5.74) is 5.69. The van der Waals surface area contributed by atoms with E-state index < -0.39 is 35.1 Å². The lowest BCUT2D eigenvalue weighted by Gasteiger charge is -2.35. The SMILES string of the molecule is CC[C@H](C)/C=C(C)/C=C/C1=CC2=C(Cl)C(=O)[C@](C)(OC(C)=O)C(=O)C2=CN1CCC[C@H](N)C(=O)O. The molecule has 1 aliphatic heterocycles. The zero-order valence-electron chi connectivity index (χ0n) is 20.8. The van der Waals surface area contributed by atoms with Gasteiger partial charge in [0.25, 0.3) is 0 Å². The fraction of sp³-hybridized carbons (Fsp3) is 0.462. The Balaban J connectivity index is 2.49. The number of esters is 1. The van der Waals surface area contributed by atoms with Crippen molar-refractivity contribution in [2.24, 2.45) is 11.7 Å². The molecule has 2 aliphatic rings. The molecule has 0 aromatic rings. The Kier molecular flexibility index (Phi) is 9.40. The summed E-state index contributed by atoms with van der Waals surface area (Å²) in [5, 5.41) is 8.87. The minimum absolute atomic E-state index is 0.143. The van der Waals surface area contributed by atoms with E-state index in [1.165, 1.54) is 6.92 Å². The molecule has 3 N–H and O–H groups in total. The summed E-state index contributed by atoms with van der Waals surface area (Å²) in [6.07, 6.45) is 10.8.